The van der Waals surface area contributed by atoms with Gasteiger partial charge >= 0.3 is 0 Å². The molecule has 30 heavy (non-hydrogen) atoms. The molecule has 162 valence electrons. The molecule has 1 atom stereocenters. The minimum atomic E-state index is -3.81. The molecule has 1 heterocycles. The van der Waals surface area contributed by atoms with Crippen LogP contribution in [0.2, 0.25) is 5.02 Å². The Labute approximate surface area is 183 Å². The van der Waals surface area contributed by atoms with Gasteiger partial charge in [0.15, 0.2) is 0 Å². The maximum atomic E-state index is 13.4. The summed E-state index contributed by atoms with van der Waals surface area (Å²) in [6.45, 7) is 4.50. The number of para-hydroxylation sites is 1. The minimum Gasteiger partial charge on any atom is -0.495 e. The zero-order valence-corrected chi connectivity index (χ0v) is 19.0. The molecular weight excluding hydrogens is 424 g/mol. The summed E-state index contributed by atoms with van der Waals surface area (Å²) in [5, 5.41) is 3.27. The molecule has 1 aliphatic heterocycles. The number of halogens is 1. The highest BCUT2D eigenvalue weighted by atomic mass is 35.5. The Hall–Kier alpha value is -2.09. The van der Waals surface area contributed by atoms with Crippen molar-refractivity contribution in [1.29, 1.82) is 0 Å². The number of anilines is 1. The van der Waals surface area contributed by atoms with Gasteiger partial charge in [-0.05, 0) is 48.6 Å². The molecule has 0 aliphatic carbocycles. The number of hydrogen-bond donors (Lipinski definition) is 1. The molecule has 0 radical (unpaired) electrons. The summed E-state index contributed by atoms with van der Waals surface area (Å²) in [4.78, 5) is 12.9. The third-order valence-electron chi connectivity index (χ3n) is 5.36. The van der Waals surface area contributed by atoms with Crippen molar-refractivity contribution in [2.24, 2.45) is 5.92 Å². The van der Waals surface area contributed by atoms with Crippen molar-refractivity contribution >= 4 is 33.2 Å². The van der Waals surface area contributed by atoms with E-state index in [-0.39, 0.29) is 23.3 Å². The molecule has 0 unspecified atom stereocenters. The highest BCUT2D eigenvalue weighted by Crippen LogP contribution is 2.33. The average molecular weight is 451 g/mol. The van der Waals surface area contributed by atoms with Crippen LogP contribution in [0.5, 0.6) is 5.75 Å². The van der Waals surface area contributed by atoms with Crippen LogP contribution in [0.15, 0.2) is 47.4 Å². The normalized spacial score (nSPS) is 17.7. The van der Waals surface area contributed by atoms with Crippen LogP contribution in [0.25, 0.3) is 0 Å². The summed E-state index contributed by atoms with van der Waals surface area (Å²) < 4.78 is 33.5. The summed E-state index contributed by atoms with van der Waals surface area (Å²) in [6, 6.07) is 12.2. The number of sulfonamides is 1. The number of methoxy groups -OCH3 is 1. The highest BCUT2D eigenvalue weighted by Gasteiger charge is 2.35. The molecule has 0 spiro atoms. The summed E-state index contributed by atoms with van der Waals surface area (Å²) in [5.41, 5.74) is 1.44. The van der Waals surface area contributed by atoms with Gasteiger partial charge < -0.3 is 10.1 Å². The van der Waals surface area contributed by atoms with Crippen LogP contribution in [0.4, 0.5) is 5.69 Å². The number of carbonyl (C=O) groups is 1. The maximum Gasteiger partial charge on any atom is 0.246 e. The lowest BCUT2D eigenvalue weighted by Gasteiger charge is -2.31. The largest absolute Gasteiger partial charge is 0.495 e. The van der Waals surface area contributed by atoms with Crippen molar-refractivity contribution in [2.45, 2.75) is 37.5 Å². The standard InChI is InChI=1S/C22H27ClN2O4S/c1-15(2)16-10-11-20(29-3)21(13-16)30(27,28)25-12-6-7-17(14-25)22(26)24-19-9-5-4-8-18(19)23/h4-5,8-11,13,15,17H,6-7,12,14H2,1-3H3,(H,24,26)/t17-/m1/s1. The number of ether oxygens (including phenoxy) is 1. The molecule has 1 fully saturated rings. The van der Waals surface area contributed by atoms with E-state index in [1.807, 2.05) is 19.9 Å². The van der Waals surface area contributed by atoms with E-state index in [1.54, 1.807) is 36.4 Å². The molecule has 0 saturated carbocycles. The quantitative estimate of drug-likeness (QED) is 0.702. The zero-order valence-electron chi connectivity index (χ0n) is 17.4. The molecule has 6 nitrogen and oxygen atoms in total. The second-order valence-corrected chi connectivity index (χ2v) is 10.0. The first-order valence-electron chi connectivity index (χ1n) is 9.97. The molecular formula is C22H27ClN2O4S. The van der Waals surface area contributed by atoms with Crippen molar-refractivity contribution in [3.05, 3.63) is 53.1 Å². The van der Waals surface area contributed by atoms with Crippen LogP contribution in [0, 0.1) is 5.92 Å². The summed E-state index contributed by atoms with van der Waals surface area (Å²) in [7, 11) is -2.35. The van der Waals surface area contributed by atoms with Crippen molar-refractivity contribution in [2.75, 3.05) is 25.5 Å². The van der Waals surface area contributed by atoms with E-state index >= 15 is 0 Å². The van der Waals surface area contributed by atoms with Gasteiger partial charge in [-0.25, -0.2) is 8.42 Å². The van der Waals surface area contributed by atoms with Gasteiger partial charge in [-0.1, -0.05) is 43.6 Å². The third-order valence-corrected chi connectivity index (χ3v) is 7.57. The maximum absolute atomic E-state index is 13.4. The fraction of sp³-hybridized carbons (Fsp3) is 0.409. The molecule has 1 amide bonds. The second kappa shape index (κ2) is 9.37. The van der Waals surface area contributed by atoms with Crippen molar-refractivity contribution in [3.8, 4) is 5.75 Å². The number of hydrogen-bond acceptors (Lipinski definition) is 4. The lowest BCUT2D eigenvalue weighted by molar-refractivity contribution is -0.120. The first-order valence-corrected chi connectivity index (χ1v) is 11.8. The number of rotatable bonds is 6. The smallest absolute Gasteiger partial charge is 0.246 e. The fourth-order valence-corrected chi connectivity index (χ4v) is 5.46. The van der Waals surface area contributed by atoms with E-state index in [9.17, 15) is 13.2 Å². The van der Waals surface area contributed by atoms with Crippen LogP contribution >= 0.6 is 11.6 Å². The van der Waals surface area contributed by atoms with E-state index < -0.39 is 15.9 Å². The van der Waals surface area contributed by atoms with Crippen molar-refractivity contribution < 1.29 is 17.9 Å². The molecule has 0 aromatic heterocycles. The van der Waals surface area contributed by atoms with Crippen LogP contribution < -0.4 is 10.1 Å². The molecule has 3 rings (SSSR count). The van der Waals surface area contributed by atoms with Gasteiger partial charge in [-0.3, -0.25) is 4.79 Å². The number of amides is 1. The predicted molar refractivity (Wildman–Crippen MR) is 119 cm³/mol. The van der Waals surface area contributed by atoms with Crippen molar-refractivity contribution in [3.63, 3.8) is 0 Å². The molecule has 1 saturated heterocycles. The van der Waals surface area contributed by atoms with E-state index in [4.69, 9.17) is 16.3 Å². The molecule has 1 N–H and O–H groups in total. The van der Waals surface area contributed by atoms with Crippen LogP contribution in [-0.2, 0) is 14.8 Å². The van der Waals surface area contributed by atoms with Crippen LogP contribution in [0.3, 0.4) is 0 Å². The first-order chi connectivity index (χ1) is 14.2. The fourth-order valence-electron chi connectivity index (χ4n) is 3.57. The number of nitrogens with one attached hydrogen (secondary N) is 1. The Morgan fingerprint density at radius 3 is 2.63 bits per heavy atom. The number of nitrogens with zero attached hydrogens (tertiary/aromatic N) is 1. The molecule has 2 aromatic carbocycles. The van der Waals surface area contributed by atoms with Gasteiger partial charge in [0, 0.05) is 13.1 Å². The van der Waals surface area contributed by atoms with Gasteiger partial charge in [0.25, 0.3) is 0 Å². The van der Waals surface area contributed by atoms with Gasteiger partial charge in [0.05, 0.1) is 23.7 Å². The summed E-state index contributed by atoms with van der Waals surface area (Å²) in [6.07, 6.45) is 1.22. The SMILES string of the molecule is COc1ccc(C(C)C)cc1S(=O)(=O)N1CCC[C@@H](C(=O)Nc2ccccc2Cl)C1. The number of carbonyl (C=O) groups excluding carboxylic acids is 1. The van der Waals surface area contributed by atoms with Crippen LogP contribution in [-0.4, -0.2) is 38.8 Å². The molecule has 1 aliphatic rings. The van der Waals surface area contributed by atoms with E-state index in [0.717, 1.165) is 5.56 Å². The highest BCUT2D eigenvalue weighted by molar-refractivity contribution is 7.89. The van der Waals surface area contributed by atoms with E-state index in [0.29, 0.717) is 35.8 Å². The lowest BCUT2D eigenvalue weighted by atomic mass is 9.99. The Bertz CT molecular complexity index is 1020. The van der Waals surface area contributed by atoms with E-state index in [2.05, 4.69) is 5.32 Å². The molecule has 8 heteroatoms. The van der Waals surface area contributed by atoms with Gasteiger partial charge in [-0.15, -0.1) is 0 Å². The minimum absolute atomic E-state index is 0.119. The van der Waals surface area contributed by atoms with Gasteiger partial charge in [0.1, 0.15) is 10.6 Å². The van der Waals surface area contributed by atoms with E-state index in [1.165, 1.54) is 11.4 Å². The number of benzene rings is 2. The zero-order chi connectivity index (χ0) is 21.9. The van der Waals surface area contributed by atoms with Crippen molar-refractivity contribution in [1.82, 2.24) is 4.31 Å². The Morgan fingerprint density at radius 2 is 1.97 bits per heavy atom. The topological polar surface area (TPSA) is 75.7 Å². The lowest BCUT2D eigenvalue weighted by Crippen LogP contribution is -2.43. The first kappa shape index (κ1) is 22.6. The summed E-state index contributed by atoms with van der Waals surface area (Å²) >= 11 is 6.13. The summed E-state index contributed by atoms with van der Waals surface area (Å²) in [5.74, 6) is -0.197. The Kier molecular flexibility index (Phi) is 7.06. The number of piperidine rings is 1. The second-order valence-electron chi connectivity index (χ2n) is 7.74. The van der Waals surface area contributed by atoms with Gasteiger partial charge in [0.2, 0.25) is 15.9 Å². The predicted octanol–water partition coefficient (Wildman–Crippen LogP) is 4.51. The average Bonchev–Trinajstić information content (AvgIpc) is 2.74. The van der Waals surface area contributed by atoms with Gasteiger partial charge in [-0.2, -0.15) is 4.31 Å². The molecule has 0 bridgehead atoms. The third kappa shape index (κ3) is 4.79. The monoisotopic (exact) mass is 450 g/mol. The Balaban J connectivity index is 1.83. The van der Waals surface area contributed by atoms with Crippen LogP contribution in [0.1, 0.15) is 38.2 Å². The molecule has 2 aromatic rings. The Morgan fingerprint density at radius 1 is 1.23 bits per heavy atom.